The maximum Gasteiger partial charge on any atom is 0.260 e. The smallest absolute Gasteiger partial charge is 0.260 e. The number of nitrogens with zero attached hydrogens (tertiary/aromatic N) is 1. The van der Waals surface area contributed by atoms with Crippen molar-refractivity contribution in [2.24, 2.45) is 0 Å². The van der Waals surface area contributed by atoms with E-state index in [4.69, 9.17) is 27.9 Å². The first-order valence-corrected chi connectivity index (χ1v) is 6.16. The maximum absolute atomic E-state index is 11.7. The van der Waals surface area contributed by atoms with Crippen LogP contribution in [0.3, 0.4) is 0 Å². The Hall–Kier alpha value is -0.930. The van der Waals surface area contributed by atoms with Crippen LogP contribution in [-0.2, 0) is 4.79 Å². The van der Waals surface area contributed by atoms with Crippen LogP contribution < -0.4 is 4.74 Å². The summed E-state index contributed by atoms with van der Waals surface area (Å²) in [5.74, 6) is 0.922. The predicted molar refractivity (Wildman–Crippen MR) is 69.9 cm³/mol. The molecule has 1 rings (SSSR count). The lowest BCUT2D eigenvalue weighted by molar-refractivity contribution is -0.133. The van der Waals surface area contributed by atoms with Crippen molar-refractivity contribution in [2.75, 3.05) is 19.5 Å². The molecule has 0 radical (unpaired) electrons. The average Bonchev–Trinajstić information content (AvgIpc) is 2.35. The summed E-state index contributed by atoms with van der Waals surface area (Å²) >= 11 is 11.4. The van der Waals surface area contributed by atoms with Crippen molar-refractivity contribution < 1.29 is 9.53 Å². The Morgan fingerprint density at radius 1 is 1.41 bits per heavy atom. The highest BCUT2D eigenvalue weighted by atomic mass is 35.5. The summed E-state index contributed by atoms with van der Waals surface area (Å²) in [7, 11) is 1.71. The third-order valence-corrected chi connectivity index (χ3v) is 3.15. The molecular weight excluding hydrogens is 261 g/mol. The molecule has 1 aromatic rings. The van der Waals surface area contributed by atoms with Crippen LogP contribution in [0.25, 0.3) is 0 Å². The topological polar surface area (TPSA) is 29.5 Å². The first-order valence-electron chi connectivity index (χ1n) is 5.24. The molecule has 3 nitrogen and oxygen atoms in total. The number of benzene rings is 1. The SMILES string of the molecule is CC(CCl)N(C)C(=O)COc1ccc(Cl)cc1. The van der Waals surface area contributed by atoms with Gasteiger partial charge in [0.2, 0.25) is 0 Å². The molecule has 0 spiro atoms. The van der Waals surface area contributed by atoms with Crippen molar-refractivity contribution >= 4 is 29.1 Å². The Labute approximate surface area is 111 Å². The summed E-state index contributed by atoms with van der Waals surface area (Å²) in [5.41, 5.74) is 0. The number of hydrogen-bond donors (Lipinski definition) is 0. The van der Waals surface area contributed by atoms with E-state index < -0.39 is 0 Å². The van der Waals surface area contributed by atoms with E-state index in [2.05, 4.69) is 0 Å². The fourth-order valence-corrected chi connectivity index (χ4v) is 1.46. The Kier molecular flexibility index (Phi) is 5.59. The molecule has 0 bridgehead atoms. The lowest BCUT2D eigenvalue weighted by atomic mass is 10.3. The van der Waals surface area contributed by atoms with Crippen molar-refractivity contribution in [3.05, 3.63) is 29.3 Å². The van der Waals surface area contributed by atoms with Gasteiger partial charge >= 0.3 is 0 Å². The lowest BCUT2D eigenvalue weighted by Crippen LogP contribution is -2.39. The third-order valence-electron chi connectivity index (χ3n) is 2.45. The number of alkyl halides is 1. The minimum absolute atomic E-state index is 0.000634. The molecule has 94 valence electrons. The fraction of sp³-hybridized carbons (Fsp3) is 0.417. The van der Waals surface area contributed by atoms with Gasteiger partial charge in [-0.2, -0.15) is 0 Å². The highest BCUT2D eigenvalue weighted by molar-refractivity contribution is 6.30. The van der Waals surface area contributed by atoms with Gasteiger partial charge in [0.25, 0.3) is 5.91 Å². The molecule has 1 unspecified atom stereocenters. The van der Waals surface area contributed by atoms with Crippen LogP contribution >= 0.6 is 23.2 Å². The summed E-state index contributed by atoms with van der Waals surface area (Å²) in [6.07, 6.45) is 0. The van der Waals surface area contributed by atoms with Gasteiger partial charge in [0.1, 0.15) is 5.75 Å². The molecule has 0 N–H and O–H groups in total. The van der Waals surface area contributed by atoms with E-state index in [9.17, 15) is 4.79 Å². The Morgan fingerprint density at radius 3 is 2.53 bits per heavy atom. The van der Waals surface area contributed by atoms with Gasteiger partial charge in [0.05, 0.1) is 0 Å². The van der Waals surface area contributed by atoms with E-state index in [1.165, 1.54) is 0 Å². The predicted octanol–water partition coefficient (Wildman–Crippen LogP) is 2.80. The molecule has 0 saturated heterocycles. The molecule has 0 aromatic heterocycles. The summed E-state index contributed by atoms with van der Waals surface area (Å²) < 4.78 is 5.35. The van der Waals surface area contributed by atoms with Gasteiger partial charge in [-0.25, -0.2) is 0 Å². The van der Waals surface area contributed by atoms with Crippen molar-refractivity contribution in [2.45, 2.75) is 13.0 Å². The van der Waals surface area contributed by atoms with Crippen LogP contribution in [-0.4, -0.2) is 36.4 Å². The number of likely N-dealkylation sites (N-methyl/N-ethyl adjacent to an activating group) is 1. The molecule has 0 aliphatic rings. The average molecular weight is 276 g/mol. The minimum Gasteiger partial charge on any atom is -0.484 e. The normalized spacial score (nSPS) is 12.0. The first-order chi connectivity index (χ1) is 8.04. The molecule has 1 atom stereocenters. The van der Waals surface area contributed by atoms with Gasteiger partial charge in [-0.3, -0.25) is 4.79 Å². The molecule has 0 fully saturated rings. The number of hydrogen-bond acceptors (Lipinski definition) is 2. The van der Waals surface area contributed by atoms with Crippen LogP contribution in [0.2, 0.25) is 5.02 Å². The van der Waals surface area contributed by atoms with Crippen LogP contribution in [0.1, 0.15) is 6.92 Å². The van der Waals surface area contributed by atoms with Crippen molar-refractivity contribution in [1.82, 2.24) is 4.90 Å². The lowest BCUT2D eigenvalue weighted by Gasteiger charge is -2.22. The quantitative estimate of drug-likeness (QED) is 0.774. The van der Waals surface area contributed by atoms with E-state index in [1.54, 1.807) is 36.2 Å². The fourth-order valence-electron chi connectivity index (χ4n) is 1.13. The van der Waals surface area contributed by atoms with Crippen LogP contribution in [0, 0.1) is 0 Å². The maximum atomic E-state index is 11.7. The first kappa shape index (κ1) is 14.1. The zero-order chi connectivity index (χ0) is 12.8. The van der Waals surface area contributed by atoms with Gasteiger partial charge in [-0.05, 0) is 31.2 Å². The van der Waals surface area contributed by atoms with Gasteiger partial charge < -0.3 is 9.64 Å². The second-order valence-electron chi connectivity index (χ2n) is 3.75. The molecule has 1 amide bonds. The van der Waals surface area contributed by atoms with E-state index in [1.807, 2.05) is 6.92 Å². The number of amides is 1. The van der Waals surface area contributed by atoms with Gasteiger partial charge in [-0.15, -0.1) is 11.6 Å². The van der Waals surface area contributed by atoms with Crippen LogP contribution in [0.5, 0.6) is 5.75 Å². The summed E-state index contributed by atoms with van der Waals surface area (Å²) in [5, 5.41) is 0.636. The molecule has 1 aromatic carbocycles. The van der Waals surface area contributed by atoms with Crippen LogP contribution in [0.15, 0.2) is 24.3 Å². The second-order valence-corrected chi connectivity index (χ2v) is 4.50. The number of rotatable bonds is 5. The molecule has 0 heterocycles. The third kappa shape index (κ3) is 4.44. The Morgan fingerprint density at radius 2 is 2.00 bits per heavy atom. The highest BCUT2D eigenvalue weighted by Gasteiger charge is 2.15. The van der Waals surface area contributed by atoms with Gasteiger partial charge in [0.15, 0.2) is 6.61 Å². The van der Waals surface area contributed by atoms with Gasteiger partial charge in [-0.1, -0.05) is 11.6 Å². The standard InChI is InChI=1S/C12H15Cl2NO2/c1-9(7-13)15(2)12(16)8-17-11-5-3-10(14)4-6-11/h3-6,9H,7-8H2,1-2H3. The van der Waals surface area contributed by atoms with Crippen molar-refractivity contribution in [3.8, 4) is 5.75 Å². The molecule has 5 heteroatoms. The largest absolute Gasteiger partial charge is 0.484 e. The van der Waals surface area contributed by atoms with Crippen molar-refractivity contribution in [1.29, 1.82) is 0 Å². The summed E-state index contributed by atoms with van der Waals surface area (Å²) in [6, 6.07) is 6.87. The Bertz CT molecular complexity index is 367. The number of carbonyl (C=O) groups is 1. The van der Waals surface area contributed by atoms with E-state index in [0.29, 0.717) is 16.7 Å². The van der Waals surface area contributed by atoms with E-state index in [-0.39, 0.29) is 18.6 Å². The Balaban J connectivity index is 2.45. The second kappa shape index (κ2) is 6.72. The molecule has 17 heavy (non-hydrogen) atoms. The highest BCUT2D eigenvalue weighted by Crippen LogP contribution is 2.15. The number of halogens is 2. The summed E-state index contributed by atoms with van der Waals surface area (Å²) in [4.78, 5) is 13.3. The number of carbonyl (C=O) groups excluding carboxylic acids is 1. The minimum atomic E-state index is -0.104. The zero-order valence-corrected chi connectivity index (χ0v) is 11.3. The zero-order valence-electron chi connectivity index (χ0n) is 9.82. The van der Waals surface area contributed by atoms with E-state index in [0.717, 1.165) is 0 Å². The molecular formula is C12H15Cl2NO2. The molecule has 0 saturated carbocycles. The van der Waals surface area contributed by atoms with Crippen LogP contribution in [0.4, 0.5) is 0 Å². The number of ether oxygens (including phenoxy) is 1. The monoisotopic (exact) mass is 275 g/mol. The van der Waals surface area contributed by atoms with Gasteiger partial charge in [0, 0.05) is 24.0 Å². The van der Waals surface area contributed by atoms with Crippen molar-refractivity contribution in [3.63, 3.8) is 0 Å². The summed E-state index contributed by atoms with van der Waals surface area (Å²) in [6.45, 7) is 1.88. The molecule has 0 aliphatic heterocycles. The van der Waals surface area contributed by atoms with E-state index >= 15 is 0 Å². The molecule has 0 aliphatic carbocycles.